The van der Waals surface area contributed by atoms with Gasteiger partial charge in [-0.05, 0) is 49.6 Å². The Balaban J connectivity index is 2.39. The number of likely N-dealkylation sites (N-methyl/N-ethyl adjacent to an activating group) is 1. The Morgan fingerprint density at radius 2 is 1.86 bits per heavy atom. The van der Waals surface area contributed by atoms with Gasteiger partial charge in [0.1, 0.15) is 0 Å². The lowest BCUT2D eigenvalue weighted by Crippen LogP contribution is -3.14. The Morgan fingerprint density at radius 1 is 1.27 bits per heavy atom. The molecule has 0 radical (unpaired) electrons. The fourth-order valence-electron chi connectivity index (χ4n) is 2.75. The number of carboxylic acid groups (broad SMARTS) is 1. The number of carbonyl (C=O) groups excluding carboxylic acids is 1. The quantitative estimate of drug-likeness (QED) is 0.736. The van der Waals surface area contributed by atoms with E-state index in [4.69, 9.17) is 0 Å². The van der Waals surface area contributed by atoms with Crippen LogP contribution in [-0.4, -0.2) is 51.4 Å². The first-order chi connectivity index (χ1) is 10.3. The van der Waals surface area contributed by atoms with Gasteiger partial charge in [-0.2, -0.15) is 4.31 Å². The summed E-state index contributed by atoms with van der Waals surface area (Å²) in [4.78, 5) is 12.5. The molecule has 0 saturated carbocycles. The zero-order valence-electron chi connectivity index (χ0n) is 13.2. The predicted octanol–water partition coefficient (Wildman–Crippen LogP) is -1.42. The van der Waals surface area contributed by atoms with Crippen LogP contribution in [0, 0.1) is 13.8 Å². The predicted molar refractivity (Wildman–Crippen MR) is 80.2 cm³/mol. The summed E-state index contributed by atoms with van der Waals surface area (Å²) in [6.07, 6.45) is 0. The molecular formula is C15H22N2O4S. The minimum absolute atomic E-state index is 0.0756. The topological polar surface area (TPSA) is 82.0 Å². The van der Waals surface area contributed by atoms with E-state index in [1.165, 1.54) is 21.3 Å². The summed E-state index contributed by atoms with van der Waals surface area (Å²) in [6, 6.07) is 2.66. The Hall–Kier alpha value is -1.44. The molecule has 7 heteroatoms. The third-order valence-corrected chi connectivity index (χ3v) is 6.43. The number of hydrogen-bond acceptors (Lipinski definition) is 4. The van der Waals surface area contributed by atoms with Crippen molar-refractivity contribution in [1.29, 1.82) is 0 Å². The van der Waals surface area contributed by atoms with Crippen molar-refractivity contribution in [3.63, 3.8) is 0 Å². The highest BCUT2D eigenvalue weighted by molar-refractivity contribution is 7.89. The van der Waals surface area contributed by atoms with E-state index in [1.807, 2.05) is 0 Å². The molecule has 0 unspecified atom stereocenters. The minimum Gasteiger partial charge on any atom is -0.545 e. The van der Waals surface area contributed by atoms with Crippen LogP contribution in [0.15, 0.2) is 17.0 Å². The first-order valence-electron chi connectivity index (χ1n) is 7.43. The van der Waals surface area contributed by atoms with Gasteiger partial charge < -0.3 is 14.8 Å². The second-order valence-corrected chi connectivity index (χ2v) is 7.62. The number of sulfonamides is 1. The van der Waals surface area contributed by atoms with Crippen molar-refractivity contribution >= 4 is 16.0 Å². The standard InChI is InChI=1S/C15H22N2O4S/c1-4-16-5-7-17(8-6-16)22(20,21)14-10-13(15(18)19)9-11(2)12(14)3/h9-10H,4-8H2,1-3H3,(H,18,19). The molecular weight excluding hydrogens is 304 g/mol. The van der Waals surface area contributed by atoms with Gasteiger partial charge >= 0.3 is 0 Å². The van der Waals surface area contributed by atoms with Crippen LogP contribution in [-0.2, 0) is 10.0 Å². The fourth-order valence-corrected chi connectivity index (χ4v) is 4.51. The van der Waals surface area contributed by atoms with Crippen LogP contribution in [0.25, 0.3) is 0 Å². The molecule has 122 valence electrons. The molecule has 1 aromatic carbocycles. The third kappa shape index (κ3) is 3.16. The number of carbonyl (C=O) groups is 1. The van der Waals surface area contributed by atoms with E-state index in [9.17, 15) is 18.3 Å². The Bertz CT molecular complexity index is 677. The summed E-state index contributed by atoms with van der Waals surface area (Å²) in [5.74, 6) is -1.36. The van der Waals surface area contributed by atoms with Crippen molar-refractivity contribution in [3.8, 4) is 0 Å². The maximum absolute atomic E-state index is 12.8. The van der Waals surface area contributed by atoms with Gasteiger partial charge in [-0.1, -0.05) is 0 Å². The van der Waals surface area contributed by atoms with Crippen molar-refractivity contribution in [2.45, 2.75) is 25.7 Å². The lowest BCUT2D eigenvalue weighted by molar-refractivity contribution is -0.901. The molecule has 1 aromatic rings. The maximum atomic E-state index is 12.8. The van der Waals surface area contributed by atoms with Gasteiger partial charge in [0.15, 0.2) is 0 Å². The van der Waals surface area contributed by atoms with Gasteiger partial charge in [-0.3, -0.25) is 0 Å². The first-order valence-corrected chi connectivity index (χ1v) is 8.87. The molecule has 0 bridgehead atoms. The summed E-state index contributed by atoms with van der Waals surface area (Å²) >= 11 is 0. The molecule has 1 fully saturated rings. The SMILES string of the molecule is CC[NH+]1CCN(S(=O)(=O)c2cc(C(=O)[O-])cc(C)c2C)CC1. The van der Waals surface area contributed by atoms with Gasteiger partial charge in [-0.25, -0.2) is 8.42 Å². The zero-order valence-corrected chi connectivity index (χ0v) is 14.0. The van der Waals surface area contributed by atoms with Gasteiger partial charge in [0.25, 0.3) is 0 Å². The zero-order chi connectivity index (χ0) is 16.5. The van der Waals surface area contributed by atoms with E-state index in [1.54, 1.807) is 13.8 Å². The number of rotatable bonds is 4. The van der Waals surface area contributed by atoms with Crippen molar-refractivity contribution in [2.75, 3.05) is 32.7 Å². The smallest absolute Gasteiger partial charge is 0.243 e. The fraction of sp³-hybridized carbons (Fsp3) is 0.533. The van der Waals surface area contributed by atoms with Crippen molar-refractivity contribution in [3.05, 3.63) is 28.8 Å². The molecule has 0 spiro atoms. The summed E-state index contributed by atoms with van der Waals surface area (Å²) in [6.45, 7) is 8.93. The van der Waals surface area contributed by atoms with Crippen molar-refractivity contribution in [2.24, 2.45) is 0 Å². The molecule has 2 rings (SSSR count). The van der Waals surface area contributed by atoms with Gasteiger partial charge in [0, 0.05) is 0 Å². The van der Waals surface area contributed by atoms with Crippen LogP contribution in [0.1, 0.15) is 28.4 Å². The van der Waals surface area contributed by atoms with Crippen LogP contribution in [0.5, 0.6) is 0 Å². The summed E-state index contributed by atoms with van der Waals surface area (Å²) in [5, 5.41) is 11.1. The second kappa shape index (κ2) is 6.36. The van der Waals surface area contributed by atoms with Crippen LogP contribution in [0.2, 0.25) is 0 Å². The highest BCUT2D eigenvalue weighted by Gasteiger charge is 2.31. The molecule has 1 saturated heterocycles. The summed E-state index contributed by atoms with van der Waals surface area (Å²) in [5.41, 5.74) is 1.13. The molecule has 6 nitrogen and oxygen atoms in total. The number of aromatic carboxylic acids is 1. The molecule has 1 aliphatic heterocycles. The molecule has 0 aromatic heterocycles. The second-order valence-electron chi connectivity index (χ2n) is 5.71. The number of nitrogens with one attached hydrogen (secondary N) is 1. The van der Waals surface area contributed by atoms with E-state index in [0.29, 0.717) is 24.2 Å². The number of piperazine rings is 1. The third-order valence-electron chi connectivity index (χ3n) is 4.40. The number of aryl methyl sites for hydroxylation is 1. The maximum Gasteiger partial charge on any atom is 0.243 e. The minimum atomic E-state index is -3.67. The summed E-state index contributed by atoms with van der Waals surface area (Å²) in [7, 11) is -3.67. The molecule has 1 N–H and O–H groups in total. The largest absolute Gasteiger partial charge is 0.545 e. The number of carboxylic acids is 1. The van der Waals surface area contributed by atoms with E-state index >= 15 is 0 Å². The highest BCUT2D eigenvalue weighted by atomic mass is 32.2. The van der Waals surface area contributed by atoms with Crippen LogP contribution in [0.4, 0.5) is 0 Å². The molecule has 1 aliphatic rings. The first kappa shape index (κ1) is 16.9. The molecule has 0 atom stereocenters. The van der Waals surface area contributed by atoms with Crippen LogP contribution < -0.4 is 10.0 Å². The summed E-state index contributed by atoms with van der Waals surface area (Å²) < 4.78 is 27.1. The van der Waals surface area contributed by atoms with Crippen LogP contribution in [0.3, 0.4) is 0 Å². The van der Waals surface area contributed by atoms with Crippen molar-refractivity contribution in [1.82, 2.24) is 4.31 Å². The van der Waals surface area contributed by atoms with Gasteiger partial charge in [0.2, 0.25) is 10.0 Å². The van der Waals surface area contributed by atoms with E-state index < -0.39 is 16.0 Å². The molecule has 0 amide bonds. The van der Waals surface area contributed by atoms with E-state index in [-0.39, 0.29) is 10.5 Å². The van der Waals surface area contributed by atoms with Gasteiger partial charge in [-0.15, -0.1) is 0 Å². The average Bonchev–Trinajstić information content (AvgIpc) is 2.49. The lowest BCUT2D eigenvalue weighted by atomic mass is 10.1. The molecule has 0 aliphatic carbocycles. The van der Waals surface area contributed by atoms with Gasteiger partial charge in [0.05, 0.1) is 43.6 Å². The number of quaternary nitrogens is 1. The van der Waals surface area contributed by atoms with Crippen LogP contribution >= 0.6 is 0 Å². The van der Waals surface area contributed by atoms with Crippen molar-refractivity contribution < 1.29 is 23.2 Å². The van der Waals surface area contributed by atoms with E-state index in [2.05, 4.69) is 6.92 Å². The normalized spacial score (nSPS) is 17.6. The average molecular weight is 326 g/mol. The number of benzene rings is 1. The molecule has 1 heterocycles. The molecule has 22 heavy (non-hydrogen) atoms. The van der Waals surface area contributed by atoms with E-state index in [0.717, 1.165) is 19.6 Å². The number of hydrogen-bond donors (Lipinski definition) is 1. The Kier molecular flexibility index (Phi) is 4.89. The monoisotopic (exact) mass is 326 g/mol. The highest BCUT2D eigenvalue weighted by Crippen LogP contribution is 2.24. The number of nitrogens with zero attached hydrogens (tertiary/aromatic N) is 1. The lowest BCUT2D eigenvalue weighted by Gasteiger charge is -2.31. The Morgan fingerprint density at radius 3 is 2.36 bits per heavy atom. The Labute approximate surface area is 131 Å².